The van der Waals surface area contributed by atoms with Crippen LogP contribution >= 0.6 is 7.60 Å². The van der Waals surface area contributed by atoms with Gasteiger partial charge in [-0.15, -0.1) is 0 Å². The fourth-order valence-electron chi connectivity index (χ4n) is 0.891. The van der Waals surface area contributed by atoms with Crippen molar-refractivity contribution in [3.63, 3.8) is 0 Å². The molecular weight excluding hydrogens is 234 g/mol. The summed E-state index contributed by atoms with van der Waals surface area (Å²) in [5.41, 5.74) is 0. The minimum Gasteiger partial charge on any atom is -0.481 e. The molecule has 88 valence electrons. The van der Waals surface area contributed by atoms with Crippen LogP contribution < -0.4 is 0 Å². The zero-order valence-corrected chi connectivity index (χ0v) is 8.30. The van der Waals surface area contributed by atoms with Gasteiger partial charge in [0.1, 0.15) is 0 Å². The first kappa shape index (κ1) is 14.0. The molecule has 0 unspecified atom stereocenters. The van der Waals surface area contributed by atoms with Crippen LogP contribution in [-0.4, -0.2) is 44.3 Å². The molecular formula is C6H10FO7P. The summed E-state index contributed by atoms with van der Waals surface area (Å²) in [7, 11) is -4.60. The molecule has 0 aliphatic carbocycles. The molecule has 0 radical (unpaired) electrons. The average molecular weight is 244 g/mol. The molecule has 0 amide bonds. The van der Waals surface area contributed by atoms with Crippen molar-refractivity contribution in [2.45, 2.75) is 12.6 Å². The van der Waals surface area contributed by atoms with Crippen LogP contribution in [0, 0.1) is 5.92 Å². The van der Waals surface area contributed by atoms with E-state index in [1.807, 2.05) is 0 Å². The van der Waals surface area contributed by atoms with Crippen LogP contribution in [0.15, 0.2) is 0 Å². The number of aliphatic carboxylic acids is 2. The second kappa shape index (κ2) is 5.20. The van der Waals surface area contributed by atoms with E-state index in [-0.39, 0.29) is 0 Å². The molecule has 2 atom stereocenters. The lowest BCUT2D eigenvalue weighted by molar-refractivity contribution is -0.146. The number of carboxylic acid groups (broad SMARTS) is 2. The first-order chi connectivity index (χ1) is 6.63. The standard InChI is InChI=1S/C6H10FO7P/c7-4(6(10)11)1-3(5(8)9)2-15(12,13)14/h3-4H,1-2H2,(H,8,9)(H,10,11)(H2,12,13,14)/t3-,4-/m0/s1. The Bertz CT molecular complexity index is 298. The van der Waals surface area contributed by atoms with Crippen LogP contribution in [0.4, 0.5) is 4.39 Å². The molecule has 9 heteroatoms. The highest BCUT2D eigenvalue weighted by Gasteiger charge is 2.32. The second-order valence-corrected chi connectivity index (χ2v) is 4.62. The number of hydrogen-bond donors (Lipinski definition) is 4. The van der Waals surface area contributed by atoms with Crippen molar-refractivity contribution < 1.29 is 38.5 Å². The van der Waals surface area contributed by atoms with Crippen molar-refractivity contribution in [1.82, 2.24) is 0 Å². The predicted octanol–water partition coefficient (Wildman–Crippen LogP) is -0.322. The Morgan fingerprint density at radius 2 is 1.67 bits per heavy atom. The number of alkyl halides is 1. The van der Waals surface area contributed by atoms with E-state index in [4.69, 9.17) is 20.0 Å². The minimum atomic E-state index is -4.60. The van der Waals surface area contributed by atoms with Crippen molar-refractivity contribution in [2.75, 3.05) is 6.16 Å². The minimum absolute atomic E-state index is 0.963. The van der Waals surface area contributed by atoms with E-state index in [1.165, 1.54) is 0 Å². The third-order valence-corrected chi connectivity index (χ3v) is 2.48. The van der Waals surface area contributed by atoms with Crippen molar-refractivity contribution in [3.8, 4) is 0 Å². The maximum absolute atomic E-state index is 12.6. The molecule has 0 aromatic carbocycles. The molecule has 4 N–H and O–H groups in total. The summed E-state index contributed by atoms with van der Waals surface area (Å²) in [6.07, 6.45) is -4.48. The number of rotatable bonds is 6. The van der Waals surface area contributed by atoms with Gasteiger partial charge in [0.05, 0.1) is 12.1 Å². The summed E-state index contributed by atoms with van der Waals surface area (Å²) >= 11 is 0. The third-order valence-electron chi connectivity index (χ3n) is 1.57. The summed E-state index contributed by atoms with van der Waals surface area (Å²) in [4.78, 5) is 37.4. The summed E-state index contributed by atoms with van der Waals surface area (Å²) in [5, 5.41) is 16.6. The second-order valence-electron chi connectivity index (χ2n) is 2.92. The van der Waals surface area contributed by atoms with Gasteiger partial charge >= 0.3 is 19.5 Å². The zero-order valence-electron chi connectivity index (χ0n) is 7.41. The largest absolute Gasteiger partial charge is 0.481 e. The SMILES string of the molecule is O=C(O)[C@@H](C[C@H](F)C(=O)O)CP(=O)(O)O. The van der Waals surface area contributed by atoms with Gasteiger partial charge in [-0.2, -0.15) is 0 Å². The molecule has 0 aliphatic heterocycles. The van der Waals surface area contributed by atoms with Gasteiger partial charge in [-0.25, -0.2) is 9.18 Å². The molecule has 0 aliphatic rings. The van der Waals surface area contributed by atoms with Crippen LogP contribution in [0.1, 0.15) is 6.42 Å². The van der Waals surface area contributed by atoms with E-state index in [9.17, 15) is 18.5 Å². The molecule has 0 aromatic heterocycles. The molecule has 0 rings (SSSR count). The van der Waals surface area contributed by atoms with Gasteiger partial charge in [0.15, 0.2) is 6.17 Å². The molecule has 7 nitrogen and oxygen atoms in total. The van der Waals surface area contributed by atoms with Crippen LogP contribution in [-0.2, 0) is 14.2 Å². The van der Waals surface area contributed by atoms with Crippen molar-refractivity contribution >= 4 is 19.5 Å². The number of hydrogen-bond acceptors (Lipinski definition) is 3. The van der Waals surface area contributed by atoms with E-state index in [2.05, 4.69) is 0 Å². The molecule has 0 fully saturated rings. The van der Waals surface area contributed by atoms with Crippen molar-refractivity contribution in [1.29, 1.82) is 0 Å². The van der Waals surface area contributed by atoms with E-state index in [0.717, 1.165) is 0 Å². The first-order valence-electron chi connectivity index (χ1n) is 3.77. The molecule has 15 heavy (non-hydrogen) atoms. The molecule has 0 spiro atoms. The quantitative estimate of drug-likeness (QED) is 0.470. The Hall–Kier alpha value is -0.980. The lowest BCUT2D eigenvalue weighted by atomic mass is 10.1. The van der Waals surface area contributed by atoms with E-state index in [0.29, 0.717) is 0 Å². The number of carboxylic acids is 2. The number of halogens is 1. The molecule has 0 heterocycles. The van der Waals surface area contributed by atoms with Gasteiger partial charge in [-0.05, 0) is 0 Å². The topological polar surface area (TPSA) is 132 Å². The first-order valence-corrected chi connectivity index (χ1v) is 5.57. The lowest BCUT2D eigenvalue weighted by Crippen LogP contribution is -2.26. The molecule has 0 saturated carbocycles. The van der Waals surface area contributed by atoms with Crippen LogP contribution in [0.25, 0.3) is 0 Å². The monoisotopic (exact) mass is 244 g/mol. The Kier molecular flexibility index (Phi) is 4.86. The molecule has 0 saturated heterocycles. The zero-order chi connectivity index (χ0) is 12.2. The van der Waals surface area contributed by atoms with Crippen LogP contribution in [0.2, 0.25) is 0 Å². The highest BCUT2D eigenvalue weighted by molar-refractivity contribution is 7.51. The summed E-state index contributed by atoms with van der Waals surface area (Å²) in [6, 6.07) is 0. The van der Waals surface area contributed by atoms with E-state index < -0.39 is 44.2 Å². The van der Waals surface area contributed by atoms with Crippen LogP contribution in [0.5, 0.6) is 0 Å². The smallest absolute Gasteiger partial charge is 0.338 e. The summed E-state index contributed by atoms with van der Waals surface area (Å²) in [5.74, 6) is -5.20. The Labute approximate surface area is 83.7 Å². The number of carbonyl (C=O) groups is 2. The highest BCUT2D eigenvalue weighted by atomic mass is 31.2. The maximum Gasteiger partial charge on any atom is 0.338 e. The van der Waals surface area contributed by atoms with Gasteiger partial charge in [0, 0.05) is 6.42 Å². The highest BCUT2D eigenvalue weighted by Crippen LogP contribution is 2.38. The Morgan fingerprint density at radius 3 is 1.93 bits per heavy atom. The normalized spacial score (nSPS) is 15.7. The van der Waals surface area contributed by atoms with Crippen LogP contribution in [0.3, 0.4) is 0 Å². The Balaban J connectivity index is 4.49. The van der Waals surface area contributed by atoms with Gasteiger partial charge in [-0.1, -0.05) is 0 Å². The molecule has 0 bridgehead atoms. The fourth-order valence-corrected chi connectivity index (χ4v) is 1.77. The average Bonchev–Trinajstić information content (AvgIpc) is 1.99. The molecule has 0 aromatic rings. The summed E-state index contributed by atoms with van der Waals surface area (Å²) in [6.45, 7) is 0. The van der Waals surface area contributed by atoms with Gasteiger partial charge in [0.2, 0.25) is 0 Å². The fraction of sp³-hybridized carbons (Fsp3) is 0.667. The third kappa shape index (κ3) is 6.16. The van der Waals surface area contributed by atoms with Crippen molar-refractivity contribution in [2.24, 2.45) is 5.92 Å². The van der Waals surface area contributed by atoms with Gasteiger partial charge < -0.3 is 20.0 Å². The van der Waals surface area contributed by atoms with E-state index in [1.54, 1.807) is 0 Å². The van der Waals surface area contributed by atoms with Gasteiger partial charge in [0.25, 0.3) is 0 Å². The Morgan fingerprint density at radius 1 is 1.20 bits per heavy atom. The summed E-state index contributed by atoms with van der Waals surface area (Å²) < 4.78 is 23.1. The lowest BCUT2D eigenvalue weighted by Gasteiger charge is -2.13. The maximum atomic E-state index is 12.6. The van der Waals surface area contributed by atoms with E-state index >= 15 is 0 Å². The van der Waals surface area contributed by atoms with Gasteiger partial charge in [-0.3, -0.25) is 9.36 Å². The van der Waals surface area contributed by atoms with Crippen molar-refractivity contribution in [3.05, 3.63) is 0 Å². The predicted molar refractivity (Wildman–Crippen MR) is 45.2 cm³/mol.